The Balaban J connectivity index is 2.33. The third-order valence-electron chi connectivity index (χ3n) is 5.94. The molecule has 3 aromatic rings. The topological polar surface area (TPSA) is 9.86 Å². The van der Waals surface area contributed by atoms with E-state index < -0.39 is 0 Å². The van der Waals surface area contributed by atoms with Gasteiger partial charge in [0.2, 0.25) is 0 Å². The molecule has 0 spiro atoms. The molecule has 0 bridgehead atoms. The molecule has 1 aromatic heterocycles. The van der Waals surface area contributed by atoms with Gasteiger partial charge in [-0.2, -0.15) is 0 Å². The standard InChI is InChI=1S/C27H36N2.Cr/c1-18(2)22-11-9-12-23(19(3)4)26(22)28-15-16-29(17-28)27-24(20(5)6)13-10-14-25(27)21(7)8;/h9-16,18-21H,1-8H3;. The van der Waals surface area contributed by atoms with Gasteiger partial charge in [-0.25, -0.2) is 0 Å². The molecule has 3 rings (SSSR count). The summed E-state index contributed by atoms with van der Waals surface area (Å²) in [6.07, 6.45) is 4.44. The van der Waals surface area contributed by atoms with Crippen LogP contribution in [0.2, 0.25) is 0 Å². The van der Waals surface area contributed by atoms with Crippen LogP contribution < -0.4 is 0 Å². The predicted octanol–water partition coefficient (Wildman–Crippen LogP) is 7.84. The molecular formula is C27H36CrN2. The molecule has 0 aliphatic heterocycles. The Labute approximate surface area is 190 Å². The van der Waals surface area contributed by atoms with Crippen LogP contribution in [0.5, 0.6) is 0 Å². The Morgan fingerprint density at radius 1 is 0.533 bits per heavy atom. The molecule has 0 atom stereocenters. The predicted molar refractivity (Wildman–Crippen MR) is 125 cm³/mol. The van der Waals surface area contributed by atoms with Crippen LogP contribution in [0, 0.1) is 4.29 Å². The van der Waals surface area contributed by atoms with Crippen LogP contribution in [0.15, 0.2) is 48.8 Å². The molecule has 1 heterocycles. The molecule has 0 amide bonds. The van der Waals surface area contributed by atoms with Crippen molar-refractivity contribution in [3.8, 4) is 11.4 Å². The van der Waals surface area contributed by atoms with E-state index in [1.54, 1.807) is 0 Å². The first-order valence-corrected chi connectivity index (χ1v) is 11.8. The van der Waals surface area contributed by atoms with Gasteiger partial charge in [0, 0.05) is 0 Å². The Hall–Kier alpha value is -1.82. The number of para-hydroxylation sites is 2. The molecule has 0 aliphatic carbocycles. The Kier molecular flexibility index (Phi) is 6.95. The third-order valence-corrected chi connectivity index (χ3v) is 6.56. The second-order valence-corrected chi connectivity index (χ2v) is 10.1. The number of rotatable bonds is 6. The third kappa shape index (κ3) is 4.16. The fourth-order valence-corrected chi connectivity index (χ4v) is 4.77. The van der Waals surface area contributed by atoms with Gasteiger partial charge in [-0.1, -0.05) is 0 Å². The van der Waals surface area contributed by atoms with E-state index in [4.69, 9.17) is 0 Å². The van der Waals surface area contributed by atoms with Crippen molar-refractivity contribution in [3.05, 3.63) is 75.3 Å². The summed E-state index contributed by atoms with van der Waals surface area (Å²) in [4.78, 5) is 0. The van der Waals surface area contributed by atoms with Gasteiger partial charge in [0.1, 0.15) is 0 Å². The molecule has 2 aromatic carbocycles. The van der Waals surface area contributed by atoms with Gasteiger partial charge in [-0.05, 0) is 0 Å². The van der Waals surface area contributed by atoms with Crippen molar-refractivity contribution in [2.45, 2.75) is 79.1 Å². The number of benzene rings is 2. The monoisotopic (exact) mass is 440 g/mol. The van der Waals surface area contributed by atoms with Crippen LogP contribution in [0.3, 0.4) is 0 Å². The minimum atomic E-state index is 0.461. The van der Waals surface area contributed by atoms with E-state index in [2.05, 4.69) is 129 Å². The van der Waals surface area contributed by atoms with Gasteiger partial charge in [0.15, 0.2) is 0 Å². The van der Waals surface area contributed by atoms with Crippen LogP contribution in [0.25, 0.3) is 11.4 Å². The maximum atomic E-state index is 3.41. The molecule has 0 N–H and O–H groups in total. The van der Waals surface area contributed by atoms with E-state index in [1.165, 1.54) is 33.6 Å². The van der Waals surface area contributed by atoms with Crippen molar-refractivity contribution < 1.29 is 15.9 Å². The number of aromatic nitrogens is 2. The number of nitrogens with zero attached hydrogens (tertiary/aromatic N) is 2. The molecule has 160 valence electrons. The normalized spacial score (nSPS) is 12.0. The minimum absolute atomic E-state index is 0.461. The summed E-state index contributed by atoms with van der Waals surface area (Å²) in [5, 5.41) is 0. The van der Waals surface area contributed by atoms with Gasteiger partial charge in [0.25, 0.3) is 0 Å². The van der Waals surface area contributed by atoms with Crippen molar-refractivity contribution in [1.29, 1.82) is 0 Å². The molecule has 0 radical (unpaired) electrons. The quantitative estimate of drug-likeness (QED) is 0.369. The van der Waals surface area contributed by atoms with E-state index in [-0.39, 0.29) is 0 Å². The van der Waals surface area contributed by atoms with Crippen molar-refractivity contribution in [2.75, 3.05) is 0 Å². The summed E-state index contributed by atoms with van der Waals surface area (Å²) in [5.41, 5.74) is 8.21. The van der Waals surface area contributed by atoms with Crippen LogP contribution in [-0.4, -0.2) is 9.13 Å². The van der Waals surface area contributed by atoms with Crippen molar-refractivity contribution in [2.24, 2.45) is 0 Å². The van der Waals surface area contributed by atoms with E-state index >= 15 is 0 Å². The summed E-state index contributed by atoms with van der Waals surface area (Å²) in [6, 6.07) is 13.5. The second-order valence-electron chi connectivity index (χ2n) is 9.51. The fraction of sp³-hybridized carbons (Fsp3) is 0.444. The molecule has 0 saturated carbocycles. The molecule has 2 nitrogen and oxygen atoms in total. The van der Waals surface area contributed by atoms with Gasteiger partial charge in [0.05, 0.1) is 0 Å². The molecule has 0 aliphatic rings. The summed E-state index contributed by atoms with van der Waals surface area (Å²) in [5.74, 6) is 1.84. The summed E-state index contributed by atoms with van der Waals surface area (Å²) in [6.45, 7) is 18.3. The van der Waals surface area contributed by atoms with Crippen molar-refractivity contribution in [1.82, 2.24) is 9.13 Å². The SMILES string of the molecule is CC(C)c1cccc(C(C)C)c1-n1ccn(-c2c(C(C)C)cccc2C(C)C)[c]1=[Cr]. The summed E-state index contributed by atoms with van der Waals surface area (Å²) >= 11 is 3.41. The second kappa shape index (κ2) is 9.13. The van der Waals surface area contributed by atoms with Gasteiger partial charge >= 0.3 is 191 Å². The zero-order chi connectivity index (χ0) is 22.2. The Morgan fingerprint density at radius 2 is 0.800 bits per heavy atom. The van der Waals surface area contributed by atoms with E-state index in [0.29, 0.717) is 23.7 Å². The van der Waals surface area contributed by atoms with Crippen molar-refractivity contribution >= 4 is 0 Å². The first kappa shape index (κ1) is 22.9. The van der Waals surface area contributed by atoms with E-state index in [9.17, 15) is 0 Å². The van der Waals surface area contributed by atoms with Crippen LogP contribution in [0.1, 0.15) is 101 Å². The molecule has 30 heavy (non-hydrogen) atoms. The first-order valence-electron chi connectivity index (χ1n) is 11.2. The fourth-order valence-electron chi connectivity index (χ4n) is 4.30. The van der Waals surface area contributed by atoms with Crippen LogP contribution in [-0.2, 0) is 15.9 Å². The summed E-state index contributed by atoms with van der Waals surface area (Å²) in [7, 11) is 0. The van der Waals surface area contributed by atoms with Gasteiger partial charge in [-0.15, -0.1) is 0 Å². The van der Waals surface area contributed by atoms with Crippen LogP contribution in [0.4, 0.5) is 0 Å². The first-order chi connectivity index (χ1) is 14.1. The van der Waals surface area contributed by atoms with Gasteiger partial charge < -0.3 is 0 Å². The zero-order valence-corrected chi connectivity index (χ0v) is 21.0. The number of hydrogen-bond donors (Lipinski definition) is 0. The zero-order valence-electron chi connectivity index (χ0n) is 19.7. The maximum absolute atomic E-state index is 3.41. The number of hydrogen-bond acceptors (Lipinski definition) is 0. The Morgan fingerprint density at radius 3 is 1.03 bits per heavy atom. The molecule has 0 fully saturated rings. The van der Waals surface area contributed by atoms with Crippen molar-refractivity contribution in [3.63, 3.8) is 0 Å². The average Bonchev–Trinajstić information content (AvgIpc) is 3.07. The molecule has 0 unspecified atom stereocenters. The summed E-state index contributed by atoms with van der Waals surface area (Å²) < 4.78 is 5.83. The molecule has 0 saturated heterocycles. The van der Waals surface area contributed by atoms with Crippen LogP contribution >= 0.6 is 0 Å². The number of imidazole rings is 1. The van der Waals surface area contributed by atoms with E-state index in [0.717, 1.165) is 4.29 Å². The molecule has 3 heteroatoms. The van der Waals surface area contributed by atoms with Gasteiger partial charge in [-0.3, -0.25) is 0 Å². The average molecular weight is 441 g/mol. The Bertz CT molecular complexity index is 944. The molecular weight excluding hydrogens is 404 g/mol. The van der Waals surface area contributed by atoms with E-state index in [1.807, 2.05) is 0 Å².